The number of carboxylic acid groups (broad SMARTS) is 1. The molecule has 27 heavy (non-hydrogen) atoms. The smallest absolute Gasteiger partial charge is 0.308 e. The Morgan fingerprint density at radius 3 is 2.37 bits per heavy atom. The molecule has 1 aromatic heterocycles. The maximum Gasteiger partial charge on any atom is 0.308 e. The second kappa shape index (κ2) is 8.16. The Balaban J connectivity index is 2.14. The average Bonchev–Trinajstić information content (AvgIpc) is 2.57. The molecule has 1 atom stereocenters. The lowest BCUT2D eigenvalue weighted by Gasteiger charge is -2.18. The van der Waals surface area contributed by atoms with Gasteiger partial charge in [-0.2, -0.15) is 0 Å². The van der Waals surface area contributed by atoms with Crippen molar-refractivity contribution < 1.29 is 14.7 Å². The van der Waals surface area contributed by atoms with Crippen molar-refractivity contribution in [1.82, 2.24) is 15.3 Å². The van der Waals surface area contributed by atoms with Crippen molar-refractivity contribution in [3.63, 3.8) is 0 Å². The summed E-state index contributed by atoms with van der Waals surface area (Å²) in [4.78, 5) is 43.3. The van der Waals surface area contributed by atoms with Crippen molar-refractivity contribution in [2.45, 2.75) is 39.5 Å². The minimum atomic E-state index is -1.01. The quantitative estimate of drug-likeness (QED) is 0.719. The lowest BCUT2D eigenvalue weighted by molar-refractivity contribution is -0.141. The van der Waals surface area contributed by atoms with Gasteiger partial charge in [-0.15, -0.1) is 0 Å². The minimum Gasteiger partial charge on any atom is -0.481 e. The number of hydrogen-bond acceptors (Lipinski definition) is 4. The zero-order chi connectivity index (χ0) is 20.2. The summed E-state index contributed by atoms with van der Waals surface area (Å²) in [5.41, 5.74) is 0.204. The maximum absolute atomic E-state index is 12.5. The van der Waals surface area contributed by atoms with Gasteiger partial charge in [0.15, 0.2) is 0 Å². The van der Waals surface area contributed by atoms with Crippen LogP contribution in [0.1, 0.15) is 48.2 Å². The molecule has 0 aliphatic heterocycles. The van der Waals surface area contributed by atoms with Crippen LogP contribution < -0.4 is 10.9 Å². The highest BCUT2D eigenvalue weighted by Crippen LogP contribution is 2.17. The number of nitrogens with zero attached hydrogens (tertiary/aromatic N) is 1. The van der Waals surface area contributed by atoms with Gasteiger partial charge in [-0.25, -0.2) is 4.98 Å². The molecular weight excluding hydrogens is 346 g/mol. The van der Waals surface area contributed by atoms with Gasteiger partial charge in [0.25, 0.3) is 11.5 Å². The number of rotatable bonds is 6. The molecule has 0 saturated heterocycles. The summed E-state index contributed by atoms with van der Waals surface area (Å²) in [6, 6.07) is 9.18. The average molecular weight is 371 g/mol. The molecule has 3 N–H and O–H groups in total. The Labute approximate surface area is 157 Å². The number of H-pyrrole nitrogens is 1. The topological polar surface area (TPSA) is 112 Å². The molecular formula is C20H25N3O4. The number of carbonyl (C=O) groups excluding carboxylic acids is 1. The molecule has 0 spiro atoms. The predicted octanol–water partition coefficient (Wildman–Crippen LogP) is 2.05. The van der Waals surface area contributed by atoms with Gasteiger partial charge >= 0.3 is 5.97 Å². The first kappa shape index (κ1) is 20.4. The van der Waals surface area contributed by atoms with E-state index in [1.807, 2.05) is 51.1 Å². The van der Waals surface area contributed by atoms with Crippen molar-refractivity contribution in [1.29, 1.82) is 0 Å². The zero-order valence-corrected chi connectivity index (χ0v) is 16.0. The largest absolute Gasteiger partial charge is 0.481 e. The van der Waals surface area contributed by atoms with Gasteiger partial charge < -0.3 is 15.4 Å². The van der Waals surface area contributed by atoms with Crippen LogP contribution in [0.5, 0.6) is 0 Å². The Bertz CT molecular complexity index is 882. The molecule has 7 heteroatoms. The van der Waals surface area contributed by atoms with Crippen LogP contribution in [0.25, 0.3) is 0 Å². The second-order valence-corrected chi connectivity index (χ2v) is 7.56. The summed E-state index contributed by atoms with van der Waals surface area (Å²) in [7, 11) is 0. The highest BCUT2D eigenvalue weighted by molar-refractivity contribution is 5.95. The van der Waals surface area contributed by atoms with E-state index in [4.69, 9.17) is 0 Å². The van der Waals surface area contributed by atoms with E-state index in [2.05, 4.69) is 15.3 Å². The van der Waals surface area contributed by atoms with E-state index in [0.29, 0.717) is 11.5 Å². The Hall–Kier alpha value is -2.96. The van der Waals surface area contributed by atoms with Crippen molar-refractivity contribution in [2.24, 2.45) is 5.92 Å². The molecule has 0 aliphatic carbocycles. The van der Waals surface area contributed by atoms with Crippen molar-refractivity contribution >= 4 is 11.9 Å². The third-order valence-corrected chi connectivity index (χ3v) is 4.22. The van der Waals surface area contributed by atoms with E-state index in [1.165, 1.54) is 0 Å². The standard InChI is InChI=1S/C20H25N3O4/c1-12-15(17(25)23-19(22-12)20(2,3)4)16(24)21-11-14(18(26)27)10-13-8-6-5-7-9-13/h5-9,14H,10-11H2,1-4H3,(H,21,24)(H,26,27)(H,22,23,25). The minimum absolute atomic E-state index is 0.0804. The number of aliphatic carboxylic acids is 1. The van der Waals surface area contributed by atoms with Crippen molar-refractivity contribution in [3.8, 4) is 0 Å². The van der Waals surface area contributed by atoms with Gasteiger partial charge in [-0.05, 0) is 18.9 Å². The monoisotopic (exact) mass is 371 g/mol. The molecule has 0 bridgehead atoms. The fourth-order valence-electron chi connectivity index (χ4n) is 2.66. The van der Waals surface area contributed by atoms with E-state index >= 15 is 0 Å². The first-order chi connectivity index (χ1) is 12.6. The van der Waals surface area contributed by atoms with Crippen LogP contribution in [0, 0.1) is 12.8 Å². The summed E-state index contributed by atoms with van der Waals surface area (Å²) >= 11 is 0. The summed E-state index contributed by atoms with van der Waals surface area (Å²) in [6.07, 6.45) is 0.285. The van der Waals surface area contributed by atoms with Gasteiger partial charge in [0.2, 0.25) is 0 Å². The van der Waals surface area contributed by atoms with E-state index < -0.39 is 23.4 Å². The fraction of sp³-hybridized carbons (Fsp3) is 0.400. The lowest BCUT2D eigenvalue weighted by Crippen LogP contribution is -2.38. The predicted molar refractivity (Wildman–Crippen MR) is 102 cm³/mol. The fourth-order valence-corrected chi connectivity index (χ4v) is 2.66. The maximum atomic E-state index is 12.5. The Morgan fingerprint density at radius 2 is 1.85 bits per heavy atom. The van der Waals surface area contributed by atoms with Crippen molar-refractivity contribution in [3.05, 3.63) is 63.3 Å². The summed E-state index contributed by atoms with van der Waals surface area (Å²) < 4.78 is 0. The summed E-state index contributed by atoms with van der Waals surface area (Å²) in [6.45, 7) is 7.24. The Kier molecular flexibility index (Phi) is 6.15. The van der Waals surface area contributed by atoms with Gasteiger partial charge in [0.1, 0.15) is 11.4 Å². The molecule has 0 radical (unpaired) electrons. The van der Waals surface area contributed by atoms with Crippen LogP contribution >= 0.6 is 0 Å². The number of aromatic amines is 1. The molecule has 2 aromatic rings. The number of hydrogen-bond donors (Lipinski definition) is 3. The first-order valence-corrected chi connectivity index (χ1v) is 8.76. The normalized spacial score (nSPS) is 12.4. The molecule has 1 heterocycles. The van der Waals surface area contributed by atoms with E-state index in [-0.39, 0.29) is 23.9 Å². The molecule has 7 nitrogen and oxygen atoms in total. The highest BCUT2D eigenvalue weighted by atomic mass is 16.4. The van der Waals surface area contributed by atoms with Crippen molar-refractivity contribution in [2.75, 3.05) is 6.54 Å². The number of nitrogens with one attached hydrogen (secondary N) is 2. The summed E-state index contributed by atoms with van der Waals surface area (Å²) in [5, 5.41) is 12.0. The van der Waals surface area contributed by atoms with Crippen LogP contribution in [-0.2, 0) is 16.6 Å². The van der Waals surface area contributed by atoms with Crippen LogP contribution in [0.3, 0.4) is 0 Å². The Morgan fingerprint density at radius 1 is 1.22 bits per heavy atom. The molecule has 1 aromatic carbocycles. The van der Waals surface area contributed by atoms with Gasteiger partial charge in [0.05, 0.1) is 11.6 Å². The van der Waals surface area contributed by atoms with Gasteiger partial charge in [-0.3, -0.25) is 14.4 Å². The van der Waals surface area contributed by atoms with Crippen LogP contribution in [0.4, 0.5) is 0 Å². The molecule has 1 amide bonds. The number of benzene rings is 1. The summed E-state index contributed by atoms with van der Waals surface area (Å²) in [5.74, 6) is -1.93. The number of aromatic nitrogens is 2. The van der Waals surface area contributed by atoms with Gasteiger partial charge in [0, 0.05) is 12.0 Å². The molecule has 2 rings (SSSR count). The zero-order valence-electron chi connectivity index (χ0n) is 16.0. The second-order valence-electron chi connectivity index (χ2n) is 7.56. The van der Waals surface area contributed by atoms with E-state index in [1.54, 1.807) is 6.92 Å². The highest BCUT2D eigenvalue weighted by Gasteiger charge is 2.24. The van der Waals surface area contributed by atoms with Gasteiger partial charge in [-0.1, -0.05) is 51.1 Å². The molecule has 0 fully saturated rings. The molecule has 0 saturated carbocycles. The number of carbonyl (C=O) groups is 2. The first-order valence-electron chi connectivity index (χ1n) is 8.76. The lowest BCUT2D eigenvalue weighted by atomic mass is 9.95. The van der Waals surface area contributed by atoms with E-state index in [0.717, 1.165) is 5.56 Å². The number of carboxylic acids is 1. The molecule has 144 valence electrons. The molecule has 0 aliphatic rings. The van der Waals surface area contributed by atoms with Crippen LogP contribution in [0.2, 0.25) is 0 Å². The third-order valence-electron chi connectivity index (χ3n) is 4.22. The number of aryl methyl sites for hydroxylation is 1. The molecule has 1 unspecified atom stereocenters. The van der Waals surface area contributed by atoms with E-state index in [9.17, 15) is 19.5 Å². The SMILES string of the molecule is Cc1nc(C(C)(C)C)[nH]c(=O)c1C(=O)NCC(Cc1ccccc1)C(=O)O. The van der Waals surface area contributed by atoms with Crippen LogP contribution in [0.15, 0.2) is 35.1 Å². The third kappa shape index (κ3) is 5.26. The number of amides is 1. The van der Waals surface area contributed by atoms with Crippen LogP contribution in [-0.4, -0.2) is 33.5 Å².